The summed E-state index contributed by atoms with van der Waals surface area (Å²) >= 11 is 0. The lowest BCUT2D eigenvalue weighted by Crippen LogP contribution is -2.44. The molecule has 1 aliphatic heterocycles. The minimum atomic E-state index is -5.51. The fraction of sp³-hybridized carbons (Fsp3) is 0.750. The first-order valence-corrected chi connectivity index (χ1v) is 6.35. The summed E-state index contributed by atoms with van der Waals surface area (Å²) in [4.78, 5) is 2.52. The van der Waals surface area contributed by atoms with E-state index in [9.17, 15) is 26.0 Å². The second-order valence-electron chi connectivity index (χ2n) is 3.57. The van der Waals surface area contributed by atoms with E-state index in [0.717, 1.165) is 0 Å². The van der Waals surface area contributed by atoms with Gasteiger partial charge in [0.1, 0.15) is 0 Å². The minimum Gasteiger partial charge on any atom is -0.336 e. The molecule has 0 aliphatic carbocycles. The molecule has 0 bridgehead atoms. The van der Waals surface area contributed by atoms with Gasteiger partial charge in [0.15, 0.2) is 0 Å². The van der Waals surface area contributed by atoms with Crippen molar-refractivity contribution >= 4 is 10.1 Å². The Balaban J connectivity index is 2.84. The van der Waals surface area contributed by atoms with Gasteiger partial charge in [0.05, 0.1) is 0 Å². The van der Waals surface area contributed by atoms with Gasteiger partial charge >= 0.3 is 21.8 Å². The Morgan fingerprint density at radius 3 is 2.39 bits per heavy atom. The third kappa shape index (κ3) is 3.05. The third-order valence-corrected chi connectivity index (χ3v) is 3.44. The lowest BCUT2D eigenvalue weighted by molar-refractivity contribution is -0.160. The van der Waals surface area contributed by atoms with E-state index in [0.29, 0.717) is 6.54 Å². The van der Waals surface area contributed by atoms with Gasteiger partial charge in [0, 0.05) is 26.0 Å². The molecule has 2 atom stereocenters. The summed E-state index contributed by atoms with van der Waals surface area (Å²) in [6, 6.07) is 0. The first-order chi connectivity index (χ1) is 8.09. The fourth-order valence-corrected chi connectivity index (χ4v) is 2.20. The number of hydrogen-bond acceptors (Lipinski definition) is 5. The number of alkyl halides is 4. The Morgan fingerprint density at radius 2 is 1.94 bits per heavy atom. The molecule has 0 aromatic heterocycles. The molecular formula is C8H12F4N2O3S. The molecular weight excluding hydrogens is 280 g/mol. The van der Waals surface area contributed by atoms with Crippen molar-refractivity contribution in [1.82, 2.24) is 9.80 Å². The Hall–Kier alpha value is -1.03. The zero-order valence-electron chi connectivity index (χ0n) is 9.56. The molecule has 0 N–H and O–H groups in total. The Kier molecular flexibility index (Phi) is 4.11. The summed E-state index contributed by atoms with van der Waals surface area (Å²) < 4.78 is 75.4. The average molecular weight is 292 g/mol. The molecule has 1 aliphatic rings. The highest BCUT2D eigenvalue weighted by Crippen LogP contribution is 2.30. The first kappa shape index (κ1) is 15.0. The molecule has 0 aromatic rings. The Labute approximate surface area is 102 Å². The summed E-state index contributed by atoms with van der Waals surface area (Å²) in [6.07, 6.45) is -3.98. The van der Waals surface area contributed by atoms with Crippen molar-refractivity contribution in [2.24, 2.45) is 0 Å². The molecule has 0 aromatic carbocycles. The van der Waals surface area contributed by atoms with Gasteiger partial charge in [-0.25, -0.2) is 8.57 Å². The number of nitrogens with zero attached hydrogens (tertiary/aromatic N) is 2. The van der Waals surface area contributed by atoms with Crippen LogP contribution in [0.25, 0.3) is 0 Å². The lowest BCUT2D eigenvalue weighted by atomic mass is 10.6. The van der Waals surface area contributed by atoms with Gasteiger partial charge in [-0.1, -0.05) is 0 Å². The highest BCUT2D eigenvalue weighted by atomic mass is 32.2. The monoisotopic (exact) mass is 292 g/mol. The van der Waals surface area contributed by atoms with Crippen LogP contribution < -0.4 is 0 Å². The number of halogens is 4. The van der Waals surface area contributed by atoms with Crippen molar-refractivity contribution < 1.29 is 30.2 Å². The SMILES string of the molecule is CCN1C=CN(C)C1OS(=O)(=O)C(F)C(F)(F)F. The molecule has 0 fully saturated rings. The van der Waals surface area contributed by atoms with Crippen LogP contribution in [-0.2, 0) is 14.3 Å². The zero-order valence-corrected chi connectivity index (χ0v) is 10.4. The van der Waals surface area contributed by atoms with Gasteiger partial charge < -0.3 is 9.80 Å². The highest BCUT2D eigenvalue weighted by molar-refractivity contribution is 7.87. The number of rotatable bonds is 4. The largest absolute Gasteiger partial charge is 0.436 e. The first-order valence-electron chi connectivity index (χ1n) is 4.88. The van der Waals surface area contributed by atoms with Crippen molar-refractivity contribution in [3.8, 4) is 0 Å². The zero-order chi connectivity index (χ0) is 14.1. The van der Waals surface area contributed by atoms with Crippen molar-refractivity contribution in [3.05, 3.63) is 12.4 Å². The van der Waals surface area contributed by atoms with Gasteiger partial charge in [0.25, 0.3) is 0 Å². The van der Waals surface area contributed by atoms with Crippen LogP contribution in [0.3, 0.4) is 0 Å². The Morgan fingerprint density at radius 1 is 1.39 bits per heavy atom. The van der Waals surface area contributed by atoms with Gasteiger partial charge in [-0.3, -0.25) is 0 Å². The molecule has 2 unspecified atom stereocenters. The van der Waals surface area contributed by atoms with E-state index in [-0.39, 0.29) is 0 Å². The van der Waals surface area contributed by atoms with Crippen LogP contribution in [0.15, 0.2) is 12.4 Å². The van der Waals surface area contributed by atoms with E-state index in [1.807, 2.05) is 0 Å². The predicted molar refractivity (Wildman–Crippen MR) is 54.0 cm³/mol. The van der Waals surface area contributed by atoms with E-state index < -0.39 is 28.1 Å². The van der Waals surface area contributed by atoms with Crippen molar-refractivity contribution in [2.75, 3.05) is 13.6 Å². The van der Waals surface area contributed by atoms with Crippen LogP contribution in [0.1, 0.15) is 6.92 Å². The third-order valence-electron chi connectivity index (χ3n) is 2.22. The summed E-state index contributed by atoms with van der Waals surface area (Å²) in [5, 5.41) is 0. The van der Waals surface area contributed by atoms with Crippen molar-refractivity contribution in [3.63, 3.8) is 0 Å². The molecule has 0 radical (unpaired) electrons. The van der Waals surface area contributed by atoms with Crippen LogP contribution >= 0.6 is 0 Å². The van der Waals surface area contributed by atoms with E-state index in [2.05, 4.69) is 4.18 Å². The van der Waals surface area contributed by atoms with Gasteiger partial charge in [0.2, 0.25) is 6.35 Å². The van der Waals surface area contributed by atoms with E-state index in [1.165, 1.54) is 29.2 Å². The van der Waals surface area contributed by atoms with Gasteiger partial charge in [-0.05, 0) is 6.92 Å². The molecule has 10 heteroatoms. The topological polar surface area (TPSA) is 49.9 Å². The second-order valence-corrected chi connectivity index (χ2v) is 5.16. The summed E-state index contributed by atoms with van der Waals surface area (Å²) in [7, 11) is -4.00. The second kappa shape index (κ2) is 4.92. The van der Waals surface area contributed by atoms with Crippen LogP contribution in [0, 0.1) is 0 Å². The van der Waals surface area contributed by atoms with Crippen LogP contribution in [-0.4, -0.2) is 49.8 Å². The van der Waals surface area contributed by atoms with E-state index in [4.69, 9.17) is 0 Å². The molecule has 106 valence electrons. The quantitative estimate of drug-likeness (QED) is 0.576. The summed E-state index contributed by atoms with van der Waals surface area (Å²) in [5.41, 5.74) is -4.06. The standard InChI is InChI=1S/C8H12F4N2O3S/c1-3-14-5-4-13(2)7(14)17-18(15,16)6(9)8(10,11)12/h4-7H,3H2,1-2H3. The molecule has 0 amide bonds. The molecule has 1 rings (SSSR count). The molecule has 18 heavy (non-hydrogen) atoms. The maximum Gasteiger partial charge on any atom is 0.436 e. The van der Waals surface area contributed by atoms with E-state index >= 15 is 0 Å². The molecule has 1 heterocycles. The van der Waals surface area contributed by atoms with Gasteiger partial charge in [-0.15, -0.1) is 0 Å². The van der Waals surface area contributed by atoms with Crippen LogP contribution in [0.2, 0.25) is 0 Å². The van der Waals surface area contributed by atoms with Gasteiger partial charge in [-0.2, -0.15) is 21.6 Å². The highest BCUT2D eigenvalue weighted by Gasteiger charge is 2.52. The van der Waals surface area contributed by atoms with Crippen molar-refractivity contribution in [2.45, 2.75) is 25.0 Å². The molecule has 5 nitrogen and oxygen atoms in total. The fourth-order valence-electron chi connectivity index (χ4n) is 1.29. The van der Waals surface area contributed by atoms with Crippen LogP contribution in [0.5, 0.6) is 0 Å². The lowest BCUT2D eigenvalue weighted by Gasteiger charge is -2.29. The molecule has 0 saturated heterocycles. The maximum absolute atomic E-state index is 12.8. The predicted octanol–water partition coefficient (Wildman–Crippen LogP) is 1.21. The molecule has 0 spiro atoms. The van der Waals surface area contributed by atoms with Crippen LogP contribution in [0.4, 0.5) is 17.6 Å². The average Bonchev–Trinajstić information content (AvgIpc) is 2.57. The van der Waals surface area contributed by atoms with Crippen molar-refractivity contribution in [1.29, 1.82) is 0 Å². The molecule has 0 saturated carbocycles. The smallest absolute Gasteiger partial charge is 0.336 e. The normalized spacial score (nSPS) is 22.7. The summed E-state index contributed by atoms with van der Waals surface area (Å²) in [6.45, 7) is 1.94. The summed E-state index contributed by atoms with van der Waals surface area (Å²) in [5.74, 6) is 0. The van der Waals surface area contributed by atoms with E-state index in [1.54, 1.807) is 6.92 Å². The maximum atomic E-state index is 12.8. The minimum absolute atomic E-state index is 0.296. The number of hydrogen-bond donors (Lipinski definition) is 0. The Bertz CT molecular complexity index is 423.